The fourth-order valence-electron chi connectivity index (χ4n) is 3.53. The third kappa shape index (κ3) is 3.20. The number of halogens is 5. The number of fused-ring (bicyclic) bond motifs is 3. The van der Waals surface area contributed by atoms with E-state index in [1.165, 1.54) is 22.8 Å². The van der Waals surface area contributed by atoms with Gasteiger partial charge in [0.05, 0.1) is 16.6 Å². The summed E-state index contributed by atoms with van der Waals surface area (Å²) < 4.78 is 69.0. The Kier molecular flexibility index (Phi) is 4.29. The first-order valence-corrected chi connectivity index (χ1v) is 8.44. The van der Waals surface area contributed by atoms with Crippen LogP contribution in [0, 0.1) is 17.7 Å². The molecule has 0 fully saturated rings. The molecule has 4 aromatic rings. The van der Waals surface area contributed by atoms with E-state index in [1.54, 1.807) is 6.07 Å². The summed E-state index contributed by atoms with van der Waals surface area (Å²) in [6, 6.07) is 12.1. The first-order valence-electron chi connectivity index (χ1n) is 8.44. The van der Waals surface area contributed by atoms with E-state index in [9.17, 15) is 26.7 Å². The maximum absolute atomic E-state index is 14.7. The molecular weight excluding hydrogens is 391 g/mol. The van der Waals surface area contributed by atoms with Crippen LogP contribution in [0.5, 0.6) is 0 Å². The number of hydrogen-bond acceptors (Lipinski definition) is 1. The van der Waals surface area contributed by atoms with Crippen molar-refractivity contribution in [2.45, 2.75) is 12.7 Å². The van der Waals surface area contributed by atoms with Crippen molar-refractivity contribution in [2.75, 3.05) is 0 Å². The molecule has 0 saturated heterocycles. The Hall–Kier alpha value is -3.42. The van der Waals surface area contributed by atoms with Crippen molar-refractivity contribution in [1.82, 2.24) is 4.57 Å². The topological polar surface area (TPSA) is 48.0 Å². The summed E-state index contributed by atoms with van der Waals surface area (Å²) in [5.74, 6) is -2.45. The molecule has 3 aromatic carbocycles. The summed E-state index contributed by atoms with van der Waals surface area (Å²) >= 11 is 0. The minimum Gasteiger partial charge on any atom is -0.366 e. The first kappa shape index (κ1) is 18.9. The Morgan fingerprint density at radius 1 is 1.10 bits per heavy atom. The smallest absolute Gasteiger partial charge is 0.366 e. The molecule has 1 heterocycles. The Bertz CT molecular complexity index is 1270. The van der Waals surface area contributed by atoms with Gasteiger partial charge < -0.3 is 10.3 Å². The molecule has 0 unspecified atom stereocenters. The van der Waals surface area contributed by atoms with E-state index in [1.807, 2.05) is 0 Å². The third-order valence-corrected chi connectivity index (χ3v) is 4.66. The maximum atomic E-state index is 14.7. The van der Waals surface area contributed by atoms with Crippen molar-refractivity contribution < 1.29 is 26.7 Å². The van der Waals surface area contributed by atoms with E-state index < -0.39 is 29.3 Å². The normalized spacial score (nSPS) is 12.0. The minimum absolute atomic E-state index is 0.0103. The molecule has 3 nitrogen and oxygen atoms in total. The van der Waals surface area contributed by atoms with Gasteiger partial charge in [-0.2, -0.15) is 13.2 Å². The van der Waals surface area contributed by atoms with Gasteiger partial charge >= 0.3 is 6.18 Å². The summed E-state index contributed by atoms with van der Waals surface area (Å²) in [5, 5.41) is 0.601. The number of carbonyl (C=O) groups excluding carboxylic acids is 1. The molecule has 0 spiro atoms. The van der Waals surface area contributed by atoms with Crippen LogP contribution < -0.4 is 5.73 Å². The van der Waals surface area contributed by atoms with Gasteiger partial charge in [0.2, 0.25) is 5.91 Å². The molecule has 4 rings (SSSR count). The van der Waals surface area contributed by atoms with E-state index in [4.69, 9.17) is 5.73 Å². The summed E-state index contributed by atoms with van der Waals surface area (Å²) in [5.41, 5.74) is 4.81. The van der Waals surface area contributed by atoms with Crippen molar-refractivity contribution in [3.05, 3.63) is 82.9 Å². The van der Waals surface area contributed by atoms with Gasteiger partial charge in [-0.15, -0.1) is 0 Å². The number of nitrogens with zero attached hydrogens (tertiary/aromatic N) is 1. The van der Waals surface area contributed by atoms with Crippen molar-refractivity contribution in [3.8, 4) is 0 Å². The lowest BCUT2D eigenvalue weighted by atomic mass is 10.1. The molecule has 0 aliphatic carbocycles. The van der Waals surface area contributed by atoms with Crippen LogP contribution in [0.15, 0.2) is 48.5 Å². The highest BCUT2D eigenvalue weighted by Crippen LogP contribution is 2.35. The van der Waals surface area contributed by atoms with E-state index in [2.05, 4.69) is 6.07 Å². The molecule has 147 valence electrons. The number of primary amides is 1. The summed E-state index contributed by atoms with van der Waals surface area (Å²) in [6.07, 6.45) is -4.73. The van der Waals surface area contributed by atoms with Gasteiger partial charge in [-0.25, -0.2) is 8.78 Å². The molecule has 0 atom stereocenters. The lowest BCUT2D eigenvalue weighted by Crippen LogP contribution is -2.11. The number of aromatic nitrogens is 1. The van der Waals surface area contributed by atoms with Gasteiger partial charge in [-0.3, -0.25) is 4.79 Å². The monoisotopic (exact) mass is 403 g/mol. The summed E-state index contributed by atoms with van der Waals surface area (Å²) in [6.45, 7) is -0.252. The Labute approximate surface area is 161 Å². The van der Waals surface area contributed by atoms with Gasteiger partial charge in [-0.05, 0) is 48.0 Å². The molecule has 1 amide bonds. The lowest BCUT2D eigenvalue weighted by molar-refractivity contribution is -0.137. The van der Waals surface area contributed by atoms with Crippen LogP contribution in [0.1, 0.15) is 21.5 Å². The number of hydrogen-bond donors (Lipinski definition) is 1. The van der Waals surface area contributed by atoms with Crippen LogP contribution in [0.2, 0.25) is 0 Å². The number of nitrogens with two attached hydrogens (primary N) is 1. The molecular formula is C21H12F5N2O. The molecule has 0 bridgehead atoms. The molecule has 1 radical (unpaired) electrons. The van der Waals surface area contributed by atoms with E-state index >= 15 is 0 Å². The Balaban J connectivity index is 2.01. The van der Waals surface area contributed by atoms with Crippen molar-refractivity contribution in [2.24, 2.45) is 5.73 Å². The Morgan fingerprint density at radius 3 is 2.55 bits per heavy atom. The van der Waals surface area contributed by atoms with E-state index in [0.717, 1.165) is 18.2 Å². The Morgan fingerprint density at radius 2 is 1.86 bits per heavy atom. The van der Waals surface area contributed by atoms with Crippen molar-refractivity contribution >= 4 is 27.7 Å². The standard InChI is InChI=1S/C21H12F5N2O/c22-13-8-11(7-12(9-13)21(24,25)26)10-28-17-6-2-4-15(20(27)29)18(17)14-3-1-5-16(23)19(14)28/h1-2,4-9H,10H2,(H2,27,29). The third-order valence-electron chi connectivity index (χ3n) is 4.66. The van der Waals surface area contributed by atoms with Gasteiger partial charge in [0.1, 0.15) is 11.6 Å². The predicted octanol–water partition coefficient (Wildman–Crippen LogP) is 5.04. The van der Waals surface area contributed by atoms with E-state index in [-0.39, 0.29) is 28.6 Å². The van der Waals surface area contributed by atoms with Crippen LogP contribution in [-0.2, 0) is 12.7 Å². The summed E-state index contributed by atoms with van der Waals surface area (Å²) in [4.78, 5) is 11.8. The van der Waals surface area contributed by atoms with Crippen LogP contribution in [0.4, 0.5) is 22.0 Å². The highest BCUT2D eigenvalue weighted by Gasteiger charge is 2.31. The van der Waals surface area contributed by atoms with Crippen molar-refractivity contribution in [3.63, 3.8) is 0 Å². The molecule has 8 heteroatoms. The minimum atomic E-state index is -4.73. The zero-order valence-corrected chi connectivity index (χ0v) is 14.6. The first-order chi connectivity index (χ1) is 13.7. The van der Waals surface area contributed by atoms with Crippen LogP contribution in [0.3, 0.4) is 0 Å². The van der Waals surface area contributed by atoms with Crippen molar-refractivity contribution in [1.29, 1.82) is 0 Å². The fraction of sp³-hybridized carbons (Fsp3) is 0.0952. The van der Waals surface area contributed by atoms with Gasteiger partial charge in [0.25, 0.3) is 0 Å². The fourth-order valence-corrected chi connectivity index (χ4v) is 3.53. The number of rotatable bonds is 3. The summed E-state index contributed by atoms with van der Waals surface area (Å²) in [7, 11) is 0. The van der Waals surface area contributed by atoms with Crippen LogP contribution in [-0.4, -0.2) is 10.5 Å². The quantitative estimate of drug-likeness (QED) is 0.479. The number of carbonyl (C=O) groups is 1. The SMILES string of the molecule is NC(=O)c1cccc2c1c1[c]ccc(F)c1n2Cc1cc(F)cc(C(F)(F)F)c1. The van der Waals surface area contributed by atoms with Gasteiger partial charge in [0, 0.05) is 22.9 Å². The second-order valence-corrected chi connectivity index (χ2v) is 6.55. The average molecular weight is 403 g/mol. The molecule has 2 N–H and O–H groups in total. The molecule has 0 aliphatic rings. The maximum Gasteiger partial charge on any atom is 0.416 e. The molecule has 29 heavy (non-hydrogen) atoms. The number of amides is 1. The zero-order valence-electron chi connectivity index (χ0n) is 14.6. The molecule has 1 aromatic heterocycles. The second-order valence-electron chi connectivity index (χ2n) is 6.55. The number of alkyl halides is 3. The second kappa shape index (κ2) is 6.58. The highest BCUT2D eigenvalue weighted by atomic mass is 19.4. The van der Waals surface area contributed by atoms with Crippen LogP contribution in [0.25, 0.3) is 21.8 Å². The molecule has 0 saturated carbocycles. The largest absolute Gasteiger partial charge is 0.416 e. The highest BCUT2D eigenvalue weighted by molar-refractivity contribution is 6.17. The van der Waals surface area contributed by atoms with Gasteiger partial charge in [0.15, 0.2) is 0 Å². The predicted molar refractivity (Wildman–Crippen MR) is 97.3 cm³/mol. The van der Waals surface area contributed by atoms with Gasteiger partial charge in [-0.1, -0.05) is 12.1 Å². The van der Waals surface area contributed by atoms with E-state index in [0.29, 0.717) is 17.0 Å². The van der Waals surface area contributed by atoms with Crippen LogP contribution >= 0.6 is 0 Å². The zero-order chi connectivity index (χ0) is 20.9. The lowest BCUT2D eigenvalue weighted by Gasteiger charge is -2.12. The average Bonchev–Trinajstić information content (AvgIpc) is 2.96. The number of benzene rings is 3. The molecule has 0 aliphatic heterocycles.